The number of para-hydroxylation sites is 1. The highest BCUT2D eigenvalue weighted by Gasteiger charge is 2.53. The van der Waals surface area contributed by atoms with E-state index in [9.17, 15) is 14.4 Å². The number of hydrogen-bond acceptors (Lipinski definition) is 6. The van der Waals surface area contributed by atoms with Crippen LogP contribution >= 0.6 is 0 Å². The summed E-state index contributed by atoms with van der Waals surface area (Å²) in [6.07, 6.45) is 2.83. The normalized spacial score (nSPS) is 16.2. The molecule has 0 saturated heterocycles. The number of aromatic amines is 1. The van der Waals surface area contributed by atoms with Crippen LogP contribution in [0.1, 0.15) is 55.6 Å². The van der Waals surface area contributed by atoms with Gasteiger partial charge in [-0.1, -0.05) is 23.4 Å². The zero-order valence-corrected chi connectivity index (χ0v) is 18.9. The first-order valence-corrected chi connectivity index (χ1v) is 11.3. The number of carboxylic acid groups (broad SMARTS) is 1. The number of nitrogens with zero attached hydrogens (tertiary/aromatic N) is 5. The molecule has 4 heterocycles. The van der Waals surface area contributed by atoms with Crippen LogP contribution in [-0.4, -0.2) is 66.2 Å². The van der Waals surface area contributed by atoms with Crippen molar-refractivity contribution in [3.63, 3.8) is 0 Å². The number of fused-ring (bicyclic) bond motifs is 2. The third-order valence-electron chi connectivity index (χ3n) is 7.02. The molecule has 6 rings (SSSR count). The van der Waals surface area contributed by atoms with Gasteiger partial charge in [0, 0.05) is 30.6 Å². The largest absolute Gasteiger partial charge is 0.475 e. The van der Waals surface area contributed by atoms with Gasteiger partial charge in [0.05, 0.1) is 36.1 Å². The van der Waals surface area contributed by atoms with E-state index in [2.05, 4.69) is 15.2 Å². The van der Waals surface area contributed by atoms with Crippen LogP contribution in [0.5, 0.6) is 0 Å². The fourth-order valence-electron chi connectivity index (χ4n) is 4.81. The molecule has 1 aromatic carbocycles. The number of carbonyl (C=O) groups excluding carboxylic acids is 2. The lowest BCUT2D eigenvalue weighted by Crippen LogP contribution is -2.41. The number of hydrogen-bond donors (Lipinski definition) is 2. The van der Waals surface area contributed by atoms with Crippen LogP contribution in [0.4, 0.5) is 0 Å². The van der Waals surface area contributed by atoms with E-state index in [1.54, 1.807) is 21.5 Å². The minimum absolute atomic E-state index is 0.136. The van der Waals surface area contributed by atoms with Crippen molar-refractivity contribution in [2.24, 2.45) is 0 Å². The second-order valence-electron chi connectivity index (χ2n) is 9.00. The average Bonchev–Trinajstić information content (AvgIpc) is 3.22. The lowest BCUT2D eigenvalue weighted by Gasteiger charge is -2.30. The Kier molecular flexibility index (Phi) is 4.56. The van der Waals surface area contributed by atoms with Gasteiger partial charge in [-0.25, -0.2) is 4.79 Å². The van der Waals surface area contributed by atoms with Crippen molar-refractivity contribution in [1.29, 1.82) is 0 Å². The Morgan fingerprint density at radius 3 is 2.69 bits per heavy atom. The first-order valence-electron chi connectivity index (χ1n) is 11.3. The van der Waals surface area contributed by atoms with Gasteiger partial charge in [0.2, 0.25) is 5.76 Å². The van der Waals surface area contributed by atoms with Gasteiger partial charge in [0.15, 0.2) is 0 Å². The van der Waals surface area contributed by atoms with Crippen LogP contribution in [0.15, 0.2) is 47.1 Å². The van der Waals surface area contributed by atoms with Gasteiger partial charge in [-0.05, 0) is 25.0 Å². The van der Waals surface area contributed by atoms with E-state index in [-0.39, 0.29) is 24.1 Å². The molecule has 178 valence electrons. The van der Waals surface area contributed by atoms with Gasteiger partial charge in [-0.2, -0.15) is 5.10 Å². The first-order chi connectivity index (χ1) is 16.9. The van der Waals surface area contributed by atoms with Crippen LogP contribution in [0.3, 0.4) is 0 Å². The quantitative estimate of drug-likeness (QED) is 0.453. The zero-order valence-electron chi connectivity index (χ0n) is 18.9. The summed E-state index contributed by atoms with van der Waals surface area (Å²) >= 11 is 0. The van der Waals surface area contributed by atoms with Gasteiger partial charge in [0.25, 0.3) is 11.8 Å². The van der Waals surface area contributed by atoms with E-state index in [0.717, 1.165) is 10.9 Å². The third kappa shape index (κ3) is 3.30. The number of amides is 2. The maximum Gasteiger partial charge on any atom is 0.374 e. The zero-order chi connectivity index (χ0) is 24.3. The summed E-state index contributed by atoms with van der Waals surface area (Å²) in [5.74, 6) is -1.87. The number of carboxylic acids is 1. The fourth-order valence-corrected chi connectivity index (χ4v) is 4.81. The summed E-state index contributed by atoms with van der Waals surface area (Å²) in [7, 11) is 1.67. The van der Waals surface area contributed by atoms with E-state index in [0.29, 0.717) is 48.6 Å². The minimum atomic E-state index is -1.21. The topological polar surface area (TPSA) is 138 Å². The Morgan fingerprint density at radius 2 is 1.97 bits per heavy atom. The van der Waals surface area contributed by atoms with Crippen molar-refractivity contribution in [2.75, 3.05) is 13.6 Å². The van der Waals surface area contributed by atoms with Gasteiger partial charge in [0.1, 0.15) is 11.4 Å². The summed E-state index contributed by atoms with van der Waals surface area (Å²) in [6.45, 7) is 1.21. The number of benzene rings is 1. The minimum Gasteiger partial charge on any atom is -0.475 e. The molecular weight excluding hydrogens is 452 g/mol. The number of nitrogens with one attached hydrogen (secondary N) is 1. The molecule has 0 radical (unpaired) electrons. The summed E-state index contributed by atoms with van der Waals surface area (Å²) in [6, 6.07) is 10.9. The number of H-pyrrole nitrogens is 1. The fraction of sp³-hybridized carbons (Fsp3) is 0.292. The molecule has 1 aliphatic heterocycles. The molecule has 11 heteroatoms. The second kappa shape index (κ2) is 7.55. The summed E-state index contributed by atoms with van der Waals surface area (Å²) in [5, 5.41) is 18.4. The number of aromatic nitrogens is 4. The Morgan fingerprint density at radius 1 is 1.17 bits per heavy atom. The molecule has 0 unspecified atom stereocenters. The van der Waals surface area contributed by atoms with Crippen molar-refractivity contribution >= 4 is 28.7 Å². The van der Waals surface area contributed by atoms with E-state index in [4.69, 9.17) is 9.63 Å². The third-order valence-corrected chi connectivity index (χ3v) is 7.02. The lowest BCUT2D eigenvalue weighted by molar-refractivity contribution is 0.0645. The van der Waals surface area contributed by atoms with Crippen LogP contribution < -0.4 is 0 Å². The predicted molar refractivity (Wildman–Crippen MR) is 122 cm³/mol. The van der Waals surface area contributed by atoms with Crippen LogP contribution in [0.2, 0.25) is 0 Å². The molecular formula is C24H22N6O5. The molecule has 3 aromatic heterocycles. The molecule has 0 spiro atoms. The smallest absolute Gasteiger partial charge is 0.374 e. The molecule has 11 nitrogen and oxygen atoms in total. The van der Waals surface area contributed by atoms with Crippen LogP contribution in [0.25, 0.3) is 10.9 Å². The molecule has 4 aromatic rings. The molecule has 0 atom stereocenters. The summed E-state index contributed by atoms with van der Waals surface area (Å²) < 4.78 is 6.67. The highest BCUT2D eigenvalue weighted by Crippen LogP contribution is 2.50. The van der Waals surface area contributed by atoms with Crippen molar-refractivity contribution in [3.05, 3.63) is 71.0 Å². The van der Waals surface area contributed by atoms with E-state index < -0.39 is 11.5 Å². The van der Waals surface area contributed by atoms with Gasteiger partial charge in [-0.3, -0.25) is 14.3 Å². The van der Waals surface area contributed by atoms with E-state index in [1.165, 1.54) is 12.3 Å². The van der Waals surface area contributed by atoms with Gasteiger partial charge < -0.3 is 24.4 Å². The second-order valence-corrected chi connectivity index (χ2v) is 9.00. The highest BCUT2D eigenvalue weighted by molar-refractivity contribution is 5.99. The van der Waals surface area contributed by atoms with Gasteiger partial charge in [-0.15, -0.1) is 0 Å². The Labute approximate surface area is 198 Å². The molecule has 0 bridgehead atoms. The molecule has 2 N–H and O–H groups in total. The van der Waals surface area contributed by atoms with Crippen LogP contribution in [-0.2, 0) is 18.6 Å². The van der Waals surface area contributed by atoms with Gasteiger partial charge >= 0.3 is 5.97 Å². The number of aromatic carboxylic acids is 1. The maximum atomic E-state index is 13.5. The predicted octanol–water partition coefficient (Wildman–Crippen LogP) is 2.47. The van der Waals surface area contributed by atoms with E-state index >= 15 is 0 Å². The van der Waals surface area contributed by atoms with Crippen molar-refractivity contribution < 1.29 is 24.0 Å². The Hall–Kier alpha value is -4.41. The number of rotatable bonds is 5. The SMILES string of the molecule is CN(C(=O)c1cnn2c1CN(C(=O)c1cc3ccccc3[nH]1)CC2)C1(c2cc(C(=O)O)on2)CC1. The molecule has 1 aliphatic carbocycles. The Bertz CT molecular complexity index is 1460. The highest BCUT2D eigenvalue weighted by atomic mass is 16.5. The molecule has 1 fully saturated rings. The Balaban J connectivity index is 1.25. The van der Waals surface area contributed by atoms with Crippen molar-refractivity contribution in [3.8, 4) is 0 Å². The van der Waals surface area contributed by atoms with Crippen LogP contribution in [0, 0.1) is 0 Å². The van der Waals surface area contributed by atoms with Crippen molar-refractivity contribution in [2.45, 2.75) is 31.5 Å². The van der Waals surface area contributed by atoms with Crippen molar-refractivity contribution in [1.82, 2.24) is 29.7 Å². The molecule has 1 saturated carbocycles. The maximum absolute atomic E-state index is 13.5. The monoisotopic (exact) mass is 474 g/mol. The van der Waals surface area contributed by atoms with E-state index in [1.807, 2.05) is 30.3 Å². The average molecular weight is 474 g/mol. The summed E-state index contributed by atoms with van der Waals surface area (Å²) in [4.78, 5) is 44.4. The standard InChI is InChI=1S/C24H22N6O5/c1-28(24(6-7-24)20-11-19(23(33)34)35-27-20)21(31)15-12-25-30-9-8-29(13-18(15)30)22(32)17-10-14-4-2-3-5-16(14)26-17/h2-5,10-12,26H,6-9,13H2,1H3,(H,33,34). The molecule has 2 amide bonds. The first kappa shape index (κ1) is 21.1. The molecule has 35 heavy (non-hydrogen) atoms. The summed E-state index contributed by atoms with van der Waals surface area (Å²) in [5.41, 5.74) is 2.18. The number of carbonyl (C=O) groups is 3. The molecule has 2 aliphatic rings. The lowest BCUT2D eigenvalue weighted by atomic mass is 10.1.